The van der Waals surface area contributed by atoms with Gasteiger partial charge in [-0.15, -0.1) is 0 Å². The maximum Gasteiger partial charge on any atom is 0.379 e. The number of allylic oxidation sites excluding steroid dienone is 1. The molecule has 76 valence electrons. The summed E-state index contributed by atoms with van der Waals surface area (Å²) in [5.74, 6) is 0.612. The first-order valence-electron chi connectivity index (χ1n) is 4.19. The highest BCUT2D eigenvalue weighted by Gasteiger charge is 2.11. The molecule has 0 aliphatic heterocycles. The Kier molecular flexibility index (Phi) is 3.48. The average molecular weight is 196 g/mol. The van der Waals surface area contributed by atoms with E-state index in [1.54, 1.807) is 26.0 Å². The van der Waals surface area contributed by atoms with Gasteiger partial charge in [0.1, 0.15) is 11.5 Å². The van der Waals surface area contributed by atoms with Gasteiger partial charge < -0.3 is 14.3 Å². The predicted octanol–water partition coefficient (Wildman–Crippen LogP) is 1.64. The van der Waals surface area contributed by atoms with Crippen LogP contribution in [0.3, 0.4) is 0 Å². The van der Waals surface area contributed by atoms with Crippen LogP contribution in [0.1, 0.15) is 23.2 Å². The second kappa shape index (κ2) is 4.62. The molecule has 0 fully saturated rings. The number of ether oxygens (including phenoxy) is 1. The highest BCUT2D eigenvalue weighted by atomic mass is 16.5. The lowest BCUT2D eigenvalue weighted by Crippen LogP contribution is -2.02. The van der Waals surface area contributed by atoms with Crippen LogP contribution in [0.25, 0.3) is 0 Å². The summed E-state index contributed by atoms with van der Waals surface area (Å²) >= 11 is 0. The number of carbonyl (C=O) groups excluding carboxylic acids is 1. The Hall–Kier alpha value is -1.55. The van der Waals surface area contributed by atoms with E-state index in [2.05, 4.69) is 0 Å². The zero-order chi connectivity index (χ0) is 10.6. The number of furan rings is 1. The van der Waals surface area contributed by atoms with E-state index in [0.717, 1.165) is 0 Å². The van der Waals surface area contributed by atoms with Crippen LogP contribution in [0.5, 0.6) is 0 Å². The van der Waals surface area contributed by atoms with E-state index in [9.17, 15) is 4.79 Å². The van der Waals surface area contributed by atoms with Crippen molar-refractivity contribution in [3.05, 3.63) is 35.5 Å². The molecule has 14 heavy (non-hydrogen) atoms. The molecule has 0 aliphatic rings. The maximum absolute atomic E-state index is 11.3. The fourth-order valence-electron chi connectivity index (χ4n) is 0.911. The zero-order valence-corrected chi connectivity index (χ0v) is 8.11. The normalized spacial score (nSPS) is 11.5. The summed E-state index contributed by atoms with van der Waals surface area (Å²) in [6.07, 6.45) is 1.40. The van der Waals surface area contributed by atoms with E-state index >= 15 is 0 Å². The predicted molar refractivity (Wildman–Crippen MR) is 49.7 cm³/mol. The Morgan fingerprint density at radius 1 is 1.64 bits per heavy atom. The highest BCUT2D eigenvalue weighted by molar-refractivity contribution is 5.87. The molecule has 0 aliphatic carbocycles. The monoisotopic (exact) mass is 196 g/mol. The summed E-state index contributed by atoms with van der Waals surface area (Å²) < 4.78 is 9.92. The highest BCUT2D eigenvalue weighted by Crippen LogP contribution is 2.09. The zero-order valence-electron chi connectivity index (χ0n) is 8.11. The molecule has 1 N–H and O–H groups in total. The fourth-order valence-corrected chi connectivity index (χ4v) is 0.911. The molecule has 0 unspecified atom stereocenters. The second-order valence-corrected chi connectivity index (χ2v) is 2.80. The number of hydrogen-bond acceptors (Lipinski definition) is 4. The third-order valence-electron chi connectivity index (χ3n) is 1.57. The number of aliphatic hydroxyl groups excluding tert-OH is 1. The molecule has 0 radical (unpaired) electrons. The molecule has 4 nitrogen and oxygen atoms in total. The summed E-state index contributed by atoms with van der Waals surface area (Å²) in [6, 6.07) is 3.23. The van der Waals surface area contributed by atoms with Gasteiger partial charge in [0.2, 0.25) is 5.76 Å². The summed E-state index contributed by atoms with van der Waals surface area (Å²) in [4.78, 5) is 11.3. The van der Waals surface area contributed by atoms with E-state index in [1.165, 1.54) is 6.08 Å². The Morgan fingerprint density at radius 3 is 2.86 bits per heavy atom. The van der Waals surface area contributed by atoms with Gasteiger partial charge in [-0.05, 0) is 32.1 Å². The largest absolute Gasteiger partial charge is 0.454 e. The summed E-state index contributed by atoms with van der Waals surface area (Å²) in [7, 11) is 0. The third kappa shape index (κ3) is 2.74. The molecule has 0 bridgehead atoms. The van der Waals surface area contributed by atoms with Crippen molar-refractivity contribution in [2.45, 2.75) is 13.8 Å². The number of hydrogen-bond donors (Lipinski definition) is 1. The minimum absolute atomic E-state index is 0.156. The first kappa shape index (κ1) is 10.5. The summed E-state index contributed by atoms with van der Waals surface area (Å²) in [5, 5.41) is 8.53. The quantitative estimate of drug-likeness (QED) is 0.589. The van der Waals surface area contributed by atoms with Crippen molar-refractivity contribution in [1.82, 2.24) is 0 Å². The molecule has 0 aromatic carbocycles. The number of esters is 1. The number of rotatable bonds is 3. The average Bonchev–Trinajstić information content (AvgIpc) is 2.52. The van der Waals surface area contributed by atoms with E-state index < -0.39 is 5.97 Å². The minimum atomic E-state index is -0.555. The van der Waals surface area contributed by atoms with Crippen LogP contribution < -0.4 is 0 Å². The molecule has 1 aromatic heterocycles. The van der Waals surface area contributed by atoms with Gasteiger partial charge in [0.25, 0.3) is 0 Å². The number of carbonyl (C=O) groups is 1. The molecule has 0 amide bonds. The Bertz CT molecular complexity index is 349. The molecule has 0 saturated heterocycles. The molecular formula is C10H12O4. The van der Waals surface area contributed by atoms with Crippen LogP contribution in [0.2, 0.25) is 0 Å². The minimum Gasteiger partial charge on any atom is -0.454 e. The van der Waals surface area contributed by atoms with E-state index in [1.807, 2.05) is 0 Å². The van der Waals surface area contributed by atoms with Crippen molar-refractivity contribution in [3.8, 4) is 0 Å². The lowest BCUT2D eigenvalue weighted by Gasteiger charge is -2.00. The Balaban J connectivity index is 2.63. The molecule has 0 atom stereocenters. The molecule has 1 aromatic rings. The second-order valence-electron chi connectivity index (χ2n) is 2.80. The summed E-state index contributed by atoms with van der Waals surface area (Å²) in [5.41, 5.74) is 0. The van der Waals surface area contributed by atoms with Crippen molar-refractivity contribution >= 4 is 5.97 Å². The maximum atomic E-state index is 11.3. The van der Waals surface area contributed by atoms with Crippen molar-refractivity contribution in [1.29, 1.82) is 0 Å². The van der Waals surface area contributed by atoms with Crippen molar-refractivity contribution in [3.63, 3.8) is 0 Å². The summed E-state index contributed by atoms with van der Waals surface area (Å²) in [6.45, 7) is 3.17. The number of aliphatic hydroxyl groups is 1. The van der Waals surface area contributed by atoms with Gasteiger partial charge in [0.05, 0.1) is 6.61 Å². The van der Waals surface area contributed by atoms with Gasteiger partial charge in [-0.1, -0.05) is 0 Å². The van der Waals surface area contributed by atoms with Gasteiger partial charge in [0, 0.05) is 0 Å². The standard InChI is InChI=1S/C10H12O4/c1-7-3-4-9(13-7)10(12)14-8(2)5-6-11/h3-5,11H,6H2,1-2H3/b8-5+. The first-order valence-corrected chi connectivity index (χ1v) is 4.19. The van der Waals surface area contributed by atoms with Crippen LogP contribution in [0.4, 0.5) is 0 Å². The first-order chi connectivity index (χ1) is 6.63. The van der Waals surface area contributed by atoms with Gasteiger partial charge in [-0.25, -0.2) is 4.79 Å². The van der Waals surface area contributed by atoms with Crippen LogP contribution >= 0.6 is 0 Å². The SMILES string of the molecule is C/C(=C\CO)OC(=O)c1ccc(C)o1. The van der Waals surface area contributed by atoms with E-state index in [4.69, 9.17) is 14.3 Å². The molecule has 0 saturated carbocycles. The van der Waals surface area contributed by atoms with Crippen molar-refractivity contribution in [2.24, 2.45) is 0 Å². The topological polar surface area (TPSA) is 59.7 Å². The lowest BCUT2D eigenvalue weighted by molar-refractivity contribution is 0.0587. The van der Waals surface area contributed by atoms with Crippen LogP contribution in [-0.2, 0) is 4.74 Å². The molecule has 1 heterocycles. The van der Waals surface area contributed by atoms with Gasteiger partial charge in [0.15, 0.2) is 0 Å². The molecule has 0 spiro atoms. The fraction of sp³-hybridized carbons (Fsp3) is 0.300. The third-order valence-corrected chi connectivity index (χ3v) is 1.57. The Morgan fingerprint density at radius 2 is 2.36 bits per heavy atom. The molecule has 1 rings (SSSR count). The molecular weight excluding hydrogens is 184 g/mol. The van der Waals surface area contributed by atoms with Crippen LogP contribution in [0.15, 0.2) is 28.4 Å². The molecule has 4 heteroatoms. The van der Waals surface area contributed by atoms with Crippen molar-refractivity contribution < 1.29 is 19.1 Å². The van der Waals surface area contributed by atoms with Gasteiger partial charge in [-0.2, -0.15) is 0 Å². The Labute approximate surface area is 81.8 Å². The van der Waals surface area contributed by atoms with E-state index in [-0.39, 0.29) is 12.4 Å². The van der Waals surface area contributed by atoms with Crippen LogP contribution in [-0.4, -0.2) is 17.7 Å². The van der Waals surface area contributed by atoms with Crippen molar-refractivity contribution in [2.75, 3.05) is 6.61 Å². The van der Waals surface area contributed by atoms with Gasteiger partial charge in [-0.3, -0.25) is 0 Å². The van der Waals surface area contributed by atoms with Gasteiger partial charge >= 0.3 is 5.97 Å². The smallest absolute Gasteiger partial charge is 0.379 e. The van der Waals surface area contributed by atoms with Crippen LogP contribution in [0, 0.1) is 6.92 Å². The number of aryl methyl sites for hydroxylation is 1. The lowest BCUT2D eigenvalue weighted by atomic mass is 10.4. The van der Waals surface area contributed by atoms with E-state index in [0.29, 0.717) is 11.5 Å².